The van der Waals surface area contributed by atoms with E-state index in [-0.39, 0.29) is 0 Å². The molecule has 4 heterocycles. The number of aromatic amines is 1. The highest BCUT2D eigenvalue weighted by atomic mass is 19.4. The second kappa shape index (κ2) is 7.81. The minimum atomic E-state index is -4.51. The van der Waals surface area contributed by atoms with Crippen molar-refractivity contribution in [2.75, 3.05) is 0 Å². The largest absolute Gasteiger partial charge is 0.433 e. The molecule has 4 aromatic heterocycles. The molecule has 1 N–H and O–H groups in total. The van der Waals surface area contributed by atoms with Gasteiger partial charge in [-0.1, -0.05) is 12.1 Å². The second-order valence-corrected chi connectivity index (χ2v) is 8.31. The lowest BCUT2D eigenvalue weighted by Crippen LogP contribution is -2.22. The van der Waals surface area contributed by atoms with E-state index < -0.39 is 11.9 Å². The first-order valence-corrected chi connectivity index (χ1v) is 10.9. The second-order valence-electron chi connectivity index (χ2n) is 8.31. The van der Waals surface area contributed by atoms with Crippen molar-refractivity contribution >= 4 is 32.8 Å². The molecule has 6 rings (SSSR count). The Hall–Kier alpha value is -4.91. The number of halogens is 3. The van der Waals surface area contributed by atoms with Crippen LogP contribution < -0.4 is 5.62 Å². The smallest absolute Gasteiger partial charge is 0.361 e. The molecule has 6 aromatic rings. The van der Waals surface area contributed by atoms with Gasteiger partial charge in [0.2, 0.25) is 11.8 Å². The lowest BCUT2D eigenvalue weighted by molar-refractivity contribution is -0.141. The van der Waals surface area contributed by atoms with Crippen molar-refractivity contribution in [3.8, 4) is 23.0 Å². The molecule has 0 saturated heterocycles. The first kappa shape index (κ1) is 21.6. The number of hydrogen-bond acceptors (Lipinski definition) is 4. The highest BCUT2D eigenvalue weighted by Crippen LogP contribution is 2.32. The van der Waals surface area contributed by atoms with Crippen molar-refractivity contribution in [2.45, 2.75) is 6.18 Å². The average Bonchev–Trinajstić information content (AvgIpc) is 3.46. The van der Waals surface area contributed by atoms with Crippen LogP contribution in [0.4, 0.5) is 13.2 Å². The molecule has 0 atom stereocenters. The third kappa shape index (κ3) is 3.32. The van der Waals surface area contributed by atoms with Crippen LogP contribution in [0.15, 0.2) is 78.2 Å². The SMILES string of the molecule is Cn1c(=NC#N)n(-c2ccc3[nH]ccc3c2)c2c3cc(-c4ccc(C(F)(F)F)nc4)ccc3ncc21. The standard InChI is InChI=1S/C26H16F3N7/c1-35-22-13-32-21-5-2-15(17-3-7-23(33-12-17)26(27,28)29)11-19(21)24(22)36(25(35)34-14-30)18-4-6-20-16(10-18)8-9-31-20/h2-13,31H,1H3. The number of nitrogens with zero attached hydrogens (tertiary/aromatic N) is 6. The van der Waals surface area contributed by atoms with Gasteiger partial charge in [0.1, 0.15) is 5.69 Å². The van der Waals surface area contributed by atoms with Crippen molar-refractivity contribution in [1.82, 2.24) is 24.1 Å². The maximum atomic E-state index is 13.0. The third-order valence-corrected chi connectivity index (χ3v) is 6.24. The number of pyridine rings is 2. The summed E-state index contributed by atoms with van der Waals surface area (Å²) in [5.74, 6) is 0. The molecule has 0 aliphatic carbocycles. The molecule has 7 nitrogen and oxygen atoms in total. The Balaban J connectivity index is 1.65. The maximum absolute atomic E-state index is 13.0. The molecule has 0 amide bonds. The van der Waals surface area contributed by atoms with Gasteiger partial charge >= 0.3 is 6.18 Å². The quantitative estimate of drug-likeness (QED) is 0.332. The van der Waals surface area contributed by atoms with E-state index in [4.69, 9.17) is 0 Å². The molecule has 2 aromatic carbocycles. The first-order valence-electron chi connectivity index (χ1n) is 10.9. The molecule has 176 valence electrons. The van der Waals surface area contributed by atoms with Gasteiger partial charge in [-0.3, -0.25) is 14.5 Å². The van der Waals surface area contributed by atoms with Crippen molar-refractivity contribution in [2.24, 2.45) is 12.0 Å². The van der Waals surface area contributed by atoms with E-state index in [1.54, 1.807) is 23.9 Å². The molecule has 0 aliphatic heterocycles. The summed E-state index contributed by atoms with van der Waals surface area (Å²) in [7, 11) is 1.81. The molecular formula is C26H16F3N7. The zero-order valence-corrected chi connectivity index (χ0v) is 18.7. The van der Waals surface area contributed by atoms with Crippen LogP contribution >= 0.6 is 0 Å². The predicted octanol–water partition coefficient (Wildman–Crippen LogP) is 5.46. The number of H-pyrrole nitrogens is 1. The Morgan fingerprint density at radius 3 is 2.56 bits per heavy atom. The van der Waals surface area contributed by atoms with E-state index in [2.05, 4.69) is 19.9 Å². The number of nitriles is 1. The zero-order valence-electron chi connectivity index (χ0n) is 18.7. The Morgan fingerprint density at radius 2 is 1.81 bits per heavy atom. The number of rotatable bonds is 2. The molecule has 10 heteroatoms. The number of fused-ring (bicyclic) bond motifs is 4. The average molecular weight is 483 g/mol. The van der Waals surface area contributed by atoms with Crippen LogP contribution in [-0.4, -0.2) is 24.1 Å². The van der Waals surface area contributed by atoms with Crippen LogP contribution in [0.3, 0.4) is 0 Å². The number of benzene rings is 2. The van der Waals surface area contributed by atoms with Gasteiger partial charge < -0.3 is 9.55 Å². The van der Waals surface area contributed by atoms with Crippen LogP contribution in [0.2, 0.25) is 0 Å². The first-order chi connectivity index (χ1) is 17.3. The molecule has 0 spiro atoms. The fourth-order valence-corrected chi connectivity index (χ4v) is 4.51. The molecule has 0 bridgehead atoms. The summed E-state index contributed by atoms with van der Waals surface area (Å²) in [4.78, 5) is 15.4. The van der Waals surface area contributed by atoms with Crippen molar-refractivity contribution in [3.05, 3.63) is 84.5 Å². The summed E-state index contributed by atoms with van der Waals surface area (Å²) in [6.45, 7) is 0. The molecule has 0 aliphatic rings. The van der Waals surface area contributed by atoms with Gasteiger partial charge in [0.15, 0.2) is 0 Å². The lowest BCUT2D eigenvalue weighted by Gasteiger charge is -2.10. The summed E-state index contributed by atoms with van der Waals surface area (Å²) in [5, 5.41) is 11.2. The van der Waals surface area contributed by atoms with Crippen LogP contribution in [0.5, 0.6) is 0 Å². The lowest BCUT2D eigenvalue weighted by atomic mass is 10.0. The van der Waals surface area contributed by atoms with Gasteiger partial charge in [-0.15, -0.1) is 4.99 Å². The van der Waals surface area contributed by atoms with Gasteiger partial charge in [0, 0.05) is 47.0 Å². The van der Waals surface area contributed by atoms with Gasteiger partial charge in [-0.25, -0.2) is 0 Å². The van der Waals surface area contributed by atoms with Crippen molar-refractivity contribution < 1.29 is 13.2 Å². The van der Waals surface area contributed by atoms with E-state index in [0.717, 1.165) is 39.1 Å². The molecule has 0 unspecified atom stereocenters. The number of aromatic nitrogens is 5. The summed E-state index contributed by atoms with van der Waals surface area (Å²) in [6, 6.07) is 15.7. The Morgan fingerprint density at radius 1 is 0.972 bits per heavy atom. The highest BCUT2D eigenvalue weighted by molar-refractivity contribution is 6.04. The zero-order chi connectivity index (χ0) is 25.0. The minimum absolute atomic E-state index is 0.415. The number of nitrogens with one attached hydrogen (secondary N) is 1. The predicted molar refractivity (Wildman–Crippen MR) is 129 cm³/mol. The van der Waals surface area contributed by atoms with E-state index in [0.29, 0.717) is 22.3 Å². The number of hydrogen-bond donors (Lipinski definition) is 1. The van der Waals surface area contributed by atoms with E-state index >= 15 is 0 Å². The highest BCUT2D eigenvalue weighted by Gasteiger charge is 2.32. The van der Waals surface area contributed by atoms with Crippen molar-refractivity contribution in [1.29, 1.82) is 5.26 Å². The van der Waals surface area contributed by atoms with E-state index in [1.165, 1.54) is 12.3 Å². The topological polar surface area (TPSA) is 87.6 Å². The van der Waals surface area contributed by atoms with Crippen LogP contribution in [0.1, 0.15) is 5.69 Å². The van der Waals surface area contributed by atoms with Crippen molar-refractivity contribution in [3.63, 3.8) is 0 Å². The Bertz CT molecular complexity index is 1900. The maximum Gasteiger partial charge on any atom is 0.433 e. The normalized spacial score (nSPS) is 12.6. The van der Waals surface area contributed by atoms with Gasteiger partial charge in [-0.2, -0.15) is 18.4 Å². The summed E-state index contributed by atoms with van der Waals surface area (Å²) in [5.41, 5.74) is 4.68. The summed E-state index contributed by atoms with van der Waals surface area (Å²) < 4.78 is 42.6. The molecular weight excluding hydrogens is 467 g/mol. The van der Waals surface area contributed by atoms with E-state index in [1.807, 2.05) is 53.4 Å². The number of imidazole rings is 1. The summed E-state index contributed by atoms with van der Waals surface area (Å²) in [6.07, 6.45) is 2.17. The Kier molecular flexibility index (Phi) is 4.69. The van der Waals surface area contributed by atoms with E-state index in [9.17, 15) is 18.4 Å². The van der Waals surface area contributed by atoms with Crippen LogP contribution in [-0.2, 0) is 13.2 Å². The molecule has 0 fully saturated rings. The molecule has 36 heavy (non-hydrogen) atoms. The monoisotopic (exact) mass is 483 g/mol. The minimum Gasteiger partial charge on any atom is -0.361 e. The van der Waals surface area contributed by atoms with Crippen LogP contribution in [0, 0.1) is 11.5 Å². The molecule has 0 radical (unpaired) electrons. The van der Waals surface area contributed by atoms with Gasteiger partial charge in [0.05, 0.1) is 22.7 Å². The van der Waals surface area contributed by atoms with Crippen LogP contribution in [0.25, 0.3) is 49.7 Å². The number of alkyl halides is 3. The fourth-order valence-electron chi connectivity index (χ4n) is 4.51. The van der Waals surface area contributed by atoms with Gasteiger partial charge in [-0.05, 0) is 48.0 Å². The Labute approximate surface area is 201 Å². The van der Waals surface area contributed by atoms with Gasteiger partial charge in [0.25, 0.3) is 0 Å². The number of aryl methyl sites for hydroxylation is 1. The fraction of sp³-hybridized carbons (Fsp3) is 0.0769. The summed E-state index contributed by atoms with van der Waals surface area (Å²) >= 11 is 0. The third-order valence-electron chi connectivity index (χ3n) is 6.24. The molecule has 0 saturated carbocycles.